The Bertz CT molecular complexity index is 521. The number of unbranched alkanes of at least 4 members (excludes halogenated alkanes) is 1. The zero-order valence-corrected chi connectivity index (χ0v) is 19.7. The molecule has 5 nitrogen and oxygen atoms in total. The average molecular weight is 398 g/mol. The van der Waals surface area contributed by atoms with E-state index in [1.807, 2.05) is 39.7 Å². The molecule has 1 fully saturated rings. The van der Waals surface area contributed by atoms with E-state index in [9.17, 15) is 4.79 Å². The van der Waals surface area contributed by atoms with Gasteiger partial charge < -0.3 is 18.8 Å². The van der Waals surface area contributed by atoms with Gasteiger partial charge >= 0.3 is 13.1 Å². The van der Waals surface area contributed by atoms with Crippen LogP contribution in [0.2, 0.25) is 18.1 Å². The van der Waals surface area contributed by atoms with Gasteiger partial charge in [-0.25, -0.2) is 0 Å². The van der Waals surface area contributed by atoms with Crippen LogP contribution in [0.15, 0.2) is 12.1 Å². The van der Waals surface area contributed by atoms with Gasteiger partial charge in [-0.1, -0.05) is 39.2 Å². The molecule has 0 radical (unpaired) electrons. The molecule has 1 N–H and O–H groups in total. The van der Waals surface area contributed by atoms with E-state index in [-0.39, 0.29) is 35.9 Å². The van der Waals surface area contributed by atoms with Gasteiger partial charge in [-0.05, 0) is 58.7 Å². The SMILES string of the molecule is CC1(C)OB(/C=C/C(CCCCC(=O)O)O[Si](C)(C)C(C)(C)C)OC1(C)C. The van der Waals surface area contributed by atoms with E-state index in [1.54, 1.807) is 0 Å². The van der Waals surface area contributed by atoms with Gasteiger partial charge in [-0.2, -0.15) is 0 Å². The standard InChI is InChI=1S/C20H39BO5Si/c1-18(2,3)27(8,9)24-16(12-10-11-13-17(22)23)14-15-21-25-19(4,5)20(6,7)26-21/h14-16H,10-13H2,1-9H3,(H,22,23)/b15-14+. The molecule has 1 rings (SSSR count). The van der Waals surface area contributed by atoms with Crippen molar-refractivity contribution in [3.63, 3.8) is 0 Å². The van der Waals surface area contributed by atoms with Crippen LogP contribution in [0.3, 0.4) is 0 Å². The van der Waals surface area contributed by atoms with Gasteiger partial charge in [0.25, 0.3) is 0 Å². The van der Waals surface area contributed by atoms with Gasteiger partial charge in [-0.15, -0.1) is 0 Å². The van der Waals surface area contributed by atoms with Crippen molar-refractivity contribution in [2.75, 3.05) is 0 Å². The van der Waals surface area contributed by atoms with Crippen molar-refractivity contribution in [2.45, 2.75) is 110 Å². The second kappa shape index (κ2) is 8.80. The van der Waals surface area contributed by atoms with Gasteiger partial charge in [0.2, 0.25) is 0 Å². The minimum atomic E-state index is -1.93. The Morgan fingerprint density at radius 2 is 1.67 bits per heavy atom. The number of aliphatic carboxylic acids is 1. The molecule has 0 spiro atoms. The van der Waals surface area contributed by atoms with E-state index >= 15 is 0 Å². The summed E-state index contributed by atoms with van der Waals surface area (Å²) in [5, 5.41) is 8.96. The predicted molar refractivity (Wildman–Crippen MR) is 113 cm³/mol. The van der Waals surface area contributed by atoms with E-state index in [1.165, 1.54) is 0 Å². The summed E-state index contributed by atoms with van der Waals surface area (Å²) >= 11 is 0. The molecule has 0 saturated carbocycles. The summed E-state index contributed by atoms with van der Waals surface area (Å²) in [6.45, 7) is 19.3. The summed E-state index contributed by atoms with van der Waals surface area (Å²) in [5.74, 6) is 1.20. The van der Waals surface area contributed by atoms with E-state index in [4.69, 9.17) is 18.8 Å². The lowest BCUT2D eigenvalue weighted by Crippen LogP contribution is -2.43. The van der Waals surface area contributed by atoms with Crippen LogP contribution in [0, 0.1) is 0 Å². The van der Waals surface area contributed by atoms with E-state index < -0.39 is 14.3 Å². The minimum absolute atomic E-state index is 0.0567. The average Bonchev–Trinajstić information content (AvgIpc) is 2.66. The van der Waals surface area contributed by atoms with Gasteiger partial charge in [0.05, 0.1) is 17.3 Å². The summed E-state index contributed by atoms with van der Waals surface area (Å²) in [5.41, 5.74) is -0.724. The lowest BCUT2D eigenvalue weighted by molar-refractivity contribution is -0.137. The van der Waals surface area contributed by atoms with Crippen molar-refractivity contribution in [2.24, 2.45) is 0 Å². The van der Waals surface area contributed by atoms with Crippen molar-refractivity contribution < 1.29 is 23.6 Å². The smallest absolute Gasteiger partial charge is 0.481 e. The second-order valence-electron chi connectivity index (χ2n) is 10.1. The summed E-state index contributed by atoms with van der Waals surface area (Å²) in [7, 11) is -2.32. The summed E-state index contributed by atoms with van der Waals surface area (Å²) < 4.78 is 18.6. The number of carboxylic acids is 1. The van der Waals surface area contributed by atoms with Crippen LogP contribution in [-0.4, -0.2) is 43.8 Å². The van der Waals surface area contributed by atoms with Gasteiger partial charge in [0, 0.05) is 6.42 Å². The highest BCUT2D eigenvalue weighted by Crippen LogP contribution is 2.39. The fourth-order valence-corrected chi connectivity index (χ4v) is 3.86. The van der Waals surface area contributed by atoms with Gasteiger partial charge in [-0.3, -0.25) is 4.79 Å². The number of hydrogen-bond donors (Lipinski definition) is 1. The summed E-state index contributed by atoms with van der Waals surface area (Å²) in [4.78, 5) is 10.8. The maximum atomic E-state index is 10.8. The molecule has 7 heteroatoms. The predicted octanol–water partition coefficient (Wildman–Crippen LogP) is 5.21. The Labute approximate surface area is 167 Å². The van der Waals surface area contributed by atoms with E-state index in [2.05, 4.69) is 33.9 Å². The van der Waals surface area contributed by atoms with Crippen molar-refractivity contribution >= 4 is 21.4 Å². The third-order valence-corrected chi connectivity index (χ3v) is 10.6. The van der Waals surface area contributed by atoms with Gasteiger partial charge in [0.15, 0.2) is 8.32 Å². The fourth-order valence-electron chi connectivity index (χ4n) is 2.55. The molecular formula is C20H39BO5Si. The summed E-state index contributed by atoms with van der Waals surface area (Å²) in [6, 6.07) is 0. The first-order chi connectivity index (χ1) is 12.1. The molecule has 156 valence electrons. The first kappa shape index (κ1) is 24.4. The van der Waals surface area contributed by atoms with Crippen LogP contribution < -0.4 is 0 Å². The molecule has 1 heterocycles. The maximum Gasteiger partial charge on any atom is 0.486 e. The van der Waals surface area contributed by atoms with Crippen LogP contribution >= 0.6 is 0 Å². The third-order valence-electron chi connectivity index (χ3n) is 6.14. The molecule has 1 unspecified atom stereocenters. The maximum absolute atomic E-state index is 10.8. The van der Waals surface area contributed by atoms with Crippen molar-refractivity contribution in [3.05, 3.63) is 12.1 Å². The molecule has 0 bridgehead atoms. The molecule has 27 heavy (non-hydrogen) atoms. The number of carbonyl (C=O) groups is 1. The molecule has 0 amide bonds. The second-order valence-corrected chi connectivity index (χ2v) is 14.8. The monoisotopic (exact) mass is 398 g/mol. The van der Waals surface area contributed by atoms with Crippen LogP contribution in [-0.2, 0) is 18.5 Å². The Morgan fingerprint density at radius 3 is 2.11 bits per heavy atom. The summed E-state index contributed by atoms with van der Waals surface area (Å²) in [6.07, 6.45) is 4.47. The molecule has 0 aliphatic carbocycles. The fraction of sp³-hybridized carbons (Fsp3) is 0.850. The number of rotatable bonds is 9. The molecule has 1 saturated heterocycles. The number of hydrogen-bond acceptors (Lipinski definition) is 4. The highest BCUT2D eigenvalue weighted by atomic mass is 28.4. The molecule has 0 aromatic carbocycles. The normalized spacial score (nSPS) is 21.0. The van der Waals surface area contributed by atoms with Crippen LogP contribution in [0.4, 0.5) is 0 Å². The molecule has 1 atom stereocenters. The van der Waals surface area contributed by atoms with Crippen LogP contribution in [0.25, 0.3) is 0 Å². The van der Waals surface area contributed by atoms with Crippen molar-refractivity contribution in [1.29, 1.82) is 0 Å². The molecule has 0 aromatic heterocycles. The van der Waals surface area contributed by atoms with Gasteiger partial charge in [0.1, 0.15) is 0 Å². The molecule has 1 aliphatic rings. The van der Waals surface area contributed by atoms with Crippen molar-refractivity contribution in [1.82, 2.24) is 0 Å². The minimum Gasteiger partial charge on any atom is -0.481 e. The molecule has 0 aromatic rings. The zero-order chi connectivity index (χ0) is 21.1. The van der Waals surface area contributed by atoms with E-state index in [0.717, 1.165) is 12.8 Å². The highest BCUT2D eigenvalue weighted by Gasteiger charge is 2.50. The quantitative estimate of drug-likeness (QED) is 0.427. The molecular weight excluding hydrogens is 359 g/mol. The number of carboxylic acid groups (broad SMARTS) is 1. The highest BCUT2D eigenvalue weighted by molar-refractivity contribution is 6.74. The Balaban J connectivity index is 2.80. The first-order valence-electron chi connectivity index (χ1n) is 10.0. The largest absolute Gasteiger partial charge is 0.486 e. The topological polar surface area (TPSA) is 65.0 Å². The van der Waals surface area contributed by atoms with Crippen LogP contribution in [0.1, 0.15) is 74.1 Å². The third kappa shape index (κ3) is 7.04. The zero-order valence-electron chi connectivity index (χ0n) is 18.7. The lowest BCUT2D eigenvalue weighted by atomic mass is 9.89. The Morgan fingerprint density at radius 1 is 1.15 bits per heavy atom. The Hall–Kier alpha value is -0.628. The van der Waals surface area contributed by atoms with Crippen LogP contribution in [0.5, 0.6) is 0 Å². The van der Waals surface area contributed by atoms with E-state index in [0.29, 0.717) is 6.42 Å². The molecule has 1 aliphatic heterocycles. The van der Waals surface area contributed by atoms with Crippen molar-refractivity contribution in [3.8, 4) is 0 Å². The first-order valence-corrected chi connectivity index (χ1v) is 12.9. The Kier molecular flexibility index (Phi) is 7.96. The lowest BCUT2D eigenvalue weighted by Gasteiger charge is -2.38.